The second kappa shape index (κ2) is 12.5. The molecule has 0 aliphatic carbocycles. The Hall–Kier alpha value is -0.940. The zero-order valence-electron chi connectivity index (χ0n) is 16.7. The first-order valence-corrected chi connectivity index (χ1v) is 11.0. The van der Waals surface area contributed by atoms with Gasteiger partial charge in [0.25, 0.3) is 0 Å². The molecule has 0 radical (unpaired) electrons. The summed E-state index contributed by atoms with van der Waals surface area (Å²) in [5, 5.41) is 0. The number of hydrogen-bond donors (Lipinski definition) is 0. The normalized spacial score (nSPS) is 25.7. The topological polar surface area (TPSA) is 36.9 Å². The van der Waals surface area contributed by atoms with Crippen LogP contribution in [-0.2, 0) is 18.9 Å². The fraction of sp³-hybridized carbons (Fsp3) is 0.739. The Balaban J connectivity index is 1.11. The van der Waals surface area contributed by atoms with Crippen LogP contribution in [0.5, 0.6) is 0 Å². The predicted molar refractivity (Wildman–Crippen MR) is 106 cm³/mol. The van der Waals surface area contributed by atoms with Crippen molar-refractivity contribution in [3.63, 3.8) is 0 Å². The predicted octanol–water partition coefficient (Wildman–Crippen LogP) is 5.76. The first kappa shape index (κ1) is 20.8. The van der Waals surface area contributed by atoms with Crippen molar-refractivity contribution >= 4 is 0 Å². The summed E-state index contributed by atoms with van der Waals surface area (Å²) in [5.74, 6) is 0. The molecule has 4 heteroatoms. The largest absolute Gasteiger partial charge is 0.353 e. The molecular weight excluding hydrogens is 340 g/mol. The minimum absolute atomic E-state index is 0.0191. The molecule has 3 atom stereocenters. The van der Waals surface area contributed by atoms with E-state index in [9.17, 15) is 0 Å². The van der Waals surface area contributed by atoms with Crippen molar-refractivity contribution in [2.24, 2.45) is 0 Å². The molecule has 3 rings (SSSR count). The van der Waals surface area contributed by atoms with E-state index in [2.05, 4.69) is 24.3 Å². The van der Waals surface area contributed by atoms with Crippen LogP contribution in [0.3, 0.4) is 0 Å². The fourth-order valence-corrected chi connectivity index (χ4v) is 3.80. The van der Waals surface area contributed by atoms with E-state index in [-0.39, 0.29) is 18.7 Å². The molecular formula is C23H36O4. The average Bonchev–Trinajstić information content (AvgIpc) is 3.20. The Morgan fingerprint density at radius 3 is 2.41 bits per heavy atom. The lowest BCUT2D eigenvalue weighted by Gasteiger charge is -2.22. The van der Waals surface area contributed by atoms with Crippen LogP contribution in [0.4, 0.5) is 0 Å². The Morgan fingerprint density at radius 1 is 0.852 bits per heavy atom. The van der Waals surface area contributed by atoms with Gasteiger partial charge in [0.15, 0.2) is 12.6 Å². The van der Waals surface area contributed by atoms with Crippen LogP contribution in [-0.4, -0.2) is 32.4 Å². The van der Waals surface area contributed by atoms with Crippen LogP contribution < -0.4 is 0 Å². The van der Waals surface area contributed by atoms with Gasteiger partial charge in [-0.15, -0.1) is 0 Å². The summed E-state index contributed by atoms with van der Waals surface area (Å²) in [4.78, 5) is 0. The van der Waals surface area contributed by atoms with E-state index in [1.54, 1.807) is 0 Å². The van der Waals surface area contributed by atoms with Crippen LogP contribution in [0.15, 0.2) is 30.3 Å². The Labute approximate surface area is 164 Å². The first-order valence-electron chi connectivity index (χ1n) is 11.0. The highest BCUT2D eigenvalue weighted by Gasteiger charge is 2.26. The van der Waals surface area contributed by atoms with Crippen molar-refractivity contribution in [2.75, 3.05) is 19.8 Å². The van der Waals surface area contributed by atoms with Crippen molar-refractivity contribution in [3.8, 4) is 0 Å². The molecule has 2 fully saturated rings. The maximum atomic E-state index is 6.02. The molecule has 2 aliphatic heterocycles. The number of ether oxygens (including phenoxy) is 4. The van der Waals surface area contributed by atoms with Crippen LogP contribution in [0.1, 0.15) is 82.3 Å². The number of benzene rings is 1. The number of rotatable bonds is 12. The van der Waals surface area contributed by atoms with E-state index in [0.717, 1.165) is 32.5 Å². The van der Waals surface area contributed by atoms with E-state index in [1.807, 2.05) is 6.07 Å². The Morgan fingerprint density at radius 2 is 1.63 bits per heavy atom. The van der Waals surface area contributed by atoms with Crippen molar-refractivity contribution < 1.29 is 18.9 Å². The molecule has 0 amide bonds. The average molecular weight is 377 g/mol. The van der Waals surface area contributed by atoms with Crippen LogP contribution in [0.25, 0.3) is 0 Å². The minimum Gasteiger partial charge on any atom is -0.353 e. The smallest absolute Gasteiger partial charge is 0.158 e. The standard InChI is InChI=1S/C23H36O4/c1(3-5-11-17-24-22-15-10-12-18-25-22)2-4-9-16-23-26-19-21(27-23)20-13-7-6-8-14-20/h6-8,13-14,21-23H,1-5,9-12,15-19H2. The molecule has 1 aromatic rings. The van der Waals surface area contributed by atoms with Gasteiger partial charge in [0, 0.05) is 13.2 Å². The molecule has 0 N–H and O–H groups in total. The monoisotopic (exact) mass is 376 g/mol. The van der Waals surface area contributed by atoms with Gasteiger partial charge < -0.3 is 18.9 Å². The zero-order valence-corrected chi connectivity index (χ0v) is 16.7. The van der Waals surface area contributed by atoms with Crippen molar-refractivity contribution in [1.29, 1.82) is 0 Å². The summed E-state index contributed by atoms with van der Waals surface area (Å²) >= 11 is 0. The SMILES string of the molecule is c1ccc(C2COC(CCCCCCCCCOC3CCCCO3)O2)cc1. The lowest BCUT2D eigenvalue weighted by molar-refractivity contribution is -0.162. The van der Waals surface area contributed by atoms with Gasteiger partial charge in [0.05, 0.1) is 6.61 Å². The second-order valence-corrected chi connectivity index (χ2v) is 7.73. The zero-order chi connectivity index (χ0) is 18.6. The minimum atomic E-state index is -0.0191. The van der Waals surface area contributed by atoms with Gasteiger partial charge in [-0.05, 0) is 44.1 Å². The molecule has 0 bridgehead atoms. The summed E-state index contributed by atoms with van der Waals surface area (Å²) < 4.78 is 23.2. The molecule has 0 spiro atoms. The summed E-state index contributed by atoms with van der Waals surface area (Å²) in [7, 11) is 0. The summed E-state index contributed by atoms with van der Waals surface area (Å²) in [6, 6.07) is 10.4. The van der Waals surface area contributed by atoms with Gasteiger partial charge in [-0.25, -0.2) is 0 Å². The molecule has 27 heavy (non-hydrogen) atoms. The molecule has 4 nitrogen and oxygen atoms in total. The lowest BCUT2D eigenvalue weighted by atomic mass is 10.1. The first-order chi connectivity index (χ1) is 13.4. The van der Waals surface area contributed by atoms with Gasteiger partial charge in [-0.1, -0.05) is 62.4 Å². The summed E-state index contributed by atoms with van der Waals surface area (Å²) in [6.07, 6.45) is 13.5. The maximum absolute atomic E-state index is 6.02. The van der Waals surface area contributed by atoms with Gasteiger partial charge in [-0.3, -0.25) is 0 Å². The fourth-order valence-electron chi connectivity index (χ4n) is 3.80. The van der Waals surface area contributed by atoms with Crippen LogP contribution >= 0.6 is 0 Å². The number of unbranched alkanes of at least 4 members (excludes halogenated alkanes) is 6. The van der Waals surface area contributed by atoms with E-state index in [4.69, 9.17) is 18.9 Å². The third-order valence-corrected chi connectivity index (χ3v) is 5.45. The van der Waals surface area contributed by atoms with Gasteiger partial charge in [0.1, 0.15) is 6.10 Å². The van der Waals surface area contributed by atoms with Gasteiger partial charge >= 0.3 is 0 Å². The highest BCUT2D eigenvalue weighted by atomic mass is 16.7. The molecule has 2 aliphatic rings. The molecule has 2 saturated heterocycles. The molecule has 3 unspecified atom stereocenters. The summed E-state index contributed by atoms with van der Waals surface area (Å²) in [6.45, 7) is 2.40. The van der Waals surface area contributed by atoms with E-state index in [0.29, 0.717) is 6.61 Å². The third-order valence-electron chi connectivity index (χ3n) is 5.45. The lowest BCUT2D eigenvalue weighted by Crippen LogP contribution is -2.22. The van der Waals surface area contributed by atoms with Crippen LogP contribution in [0.2, 0.25) is 0 Å². The molecule has 152 valence electrons. The Bertz CT molecular complexity index is 486. The van der Waals surface area contributed by atoms with E-state index >= 15 is 0 Å². The van der Waals surface area contributed by atoms with Gasteiger partial charge in [-0.2, -0.15) is 0 Å². The third kappa shape index (κ3) is 7.90. The van der Waals surface area contributed by atoms with Crippen LogP contribution in [0, 0.1) is 0 Å². The molecule has 1 aromatic carbocycles. The highest BCUT2D eigenvalue weighted by Crippen LogP contribution is 2.28. The highest BCUT2D eigenvalue weighted by molar-refractivity contribution is 5.18. The van der Waals surface area contributed by atoms with E-state index in [1.165, 1.54) is 56.9 Å². The number of hydrogen-bond acceptors (Lipinski definition) is 4. The molecule has 0 aromatic heterocycles. The maximum Gasteiger partial charge on any atom is 0.158 e. The molecule has 2 heterocycles. The summed E-state index contributed by atoms with van der Waals surface area (Å²) in [5.41, 5.74) is 1.22. The quantitative estimate of drug-likeness (QED) is 0.434. The van der Waals surface area contributed by atoms with Crippen molar-refractivity contribution in [3.05, 3.63) is 35.9 Å². The van der Waals surface area contributed by atoms with E-state index < -0.39 is 0 Å². The van der Waals surface area contributed by atoms with Crippen molar-refractivity contribution in [1.82, 2.24) is 0 Å². The van der Waals surface area contributed by atoms with Crippen molar-refractivity contribution in [2.45, 2.75) is 89.3 Å². The second-order valence-electron chi connectivity index (χ2n) is 7.73. The Kier molecular flexibility index (Phi) is 9.63. The molecule has 0 saturated carbocycles. The van der Waals surface area contributed by atoms with Gasteiger partial charge in [0.2, 0.25) is 0 Å².